The molecule has 0 spiro atoms. The van der Waals surface area contributed by atoms with Crippen molar-refractivity contribution in [3.05, 3.63) is 33.5 Å². The lowest BCUT2D eigenvalue weighted by molar-refractivity contribution is -0.386. The van der Waals surface area contributed by atoms with Crippen LogP contribution in [-0.2, 0) is 4.79 Å². The van der Waals surface area contributed by atoms with Crippen LogP contribution in [-0.4, -0.2) is 29.7 Å². The summed E-state index contributed by atoms with van der Waals surface area (Å²) in [5.74, 6) is -0.107. The summed E-state index contributed by atoms with van der Waals surface area (Å²) in [6.07, 6.45) is 2.15. The molecular weight excluding hydrogens is 322 g/mol. The highest BCUT2D eigenvalue weighted by Crippen LogP contribution is 2.39. The van der Waals surface area contributed by atoms with Gasteiger partial charge in [-0.25, -0.2) is 0 Å². The maximum Gasteiger partial charge on any atom is 0.315 e. The second kappa shape index (κ2) is 7.05. The number of hydrogen-bond acceptors (Lipinski definition) is 6. The third-order valence-electron chi connectivity index (χ3n) is 2.96. The van der Waals surface area contributed by atoms with Crippen LogP contribution in [0.4, 0.5) is 5.69 Å². The molecule has 23 heavy (non-hydrogen) atoms. The standard InChI is InChI=1S/C14H15N3O5S/c1-3-4-22-12-10(17(19)20)6-8(7-11(12)21-2)5-9-13(18)16-14(23)15-9/h5-7H,3-4H2,1-2H3,(H2,15,16,18,23)/b9-5+. The lowest BCUT2D eigenvalue weighted by Gasteiger charge is -2.11. The molecule has 1 aromatic rings. The predicted octanol–water partition coefficient (Wildman–Crippen LogP) is 1.74. The molecule has 8 nitrogen and oxygen atoms in total. The Kier molecular flexibility index (Phi) is 5.12. The number of rotatable bonds is 6. The van der Waals surface area contributed by atoms with Crippen molar-refractivity contribution in [1.82, 2.24) is 10.6 Å². The summed E-state index contributed by atoms with van der Waals surface area (Å²) >= 11 is 4.84. The zero-order chi connectivity index (χ0) is 17.0. The van der Waals surface area contributed by atoms with Gasteiger partial charge in [-0.1, -0.05) is 6.92 Å². The number of nitrogens with one attached hydrogen (secondary N) is 2. The monoisotopic (exact) mass is 337 g/mol. The van der Waals surface area contributed by atoms with E-state index < -0.39 is 10.8 Å². The number of nitrogens with zero attached hydrogens (tertiary/aromatic N) is 1. The van der Waals surface area contributed by atoms with Crippen molar-refractivity contribution in [2.24, 2.45) is 0 Å². The molecule has 2 N–H and O–H groups in total. The Balaban J connectivity index is 2.48. The summed E-state index contributed by atoms with van der Waals surface area (Å²) in [6.45, 7) is 2.22. The van der Waals surface area contributed by atoms with Crippen molar-refractivity contribution in [3.8, 4) is 11.5 Å². The molecule has 0 atom stereocenters. The van der Waals surface area contributed by atoms with Gasteiger partial charge >= 0.3 is 5.69 Å². The van der Waals surface area contributed by atoms with Gasteiger partial charge in [0.1, 0.15) is 5.70 Å². The molecule has 0 unspecified atom stereocenters. The first-order valence-corrected chi connectivity index (χ1v) is 7.20. The second-order valence-corrected chi connectivity index (χ2v) is 5.05. The highest BCUT2D eigenvalue weighted by Gasteiger charge is 2.24. The number of methoxy groups -OCH3 is 1. The minimum absolute atomic E-state index is 0.0702. The van der Waals surface area contributed by atoms with Crippen molar-refractivity contribution in [2.75, 3.05) is 13.7 Å². The van der Waals surface area contributed by atoms with Gasteiger partial charge < -0.3 is 14.8 Å². The van der Waals surface area contributed by atoms with E-state index in [1.807, 2.05) is 6.92 Å². The first-order valence-electron chi connectivity index (χ1n) is 6.79. The molecule has 1 aromatic carbocycles. The van der Waals surface area contributed by atoms with Crippen LogP contribution in [0.25, 0.3) is 6.08 Å². The maximum atomic E-state index is 11.7. The number of ether oxygens (including phenoxy) is 2. The van der Waals surface area contributed by atoms with Crippen LogP contribution in [0.1, 0.15) is 18.9 Å². The van der Waals surface area contributed by atoms with Crippen LogP contribution in [0.15, 0.2) is 17.8 Å². The Bertz CT molecular complexity index is 702. The quantitative estimate of drug-likeness (QED) is 0.353. The molecule has 1 aliphatic heterocycles. The fourth-order valence-corrected chi connectivity index (χ4v) is 2.18. The fraction of sp³-hybridized carbons (Fsp3) is 0.286. The Morgan fingerprint density at radius 3 is 2.65 bits per heavy atom. The number of amides is 1. The molecule has 1 heterocycles. The molecule has 9 heteroatoms. The molecular formula is C14H15N3O5S. The van der Waals surface area contributed by atoms with Crippen molar-refractivity contribution >= 4 is 35.0 Å². The number of carbonyl (C=O) groups excluding carboxylic acids is 1. The summed E-state index contributed by atoms with van der Waals surface area (Å²) in [4.78, 5) is 22.4. The van der Waals surface area contributed by atoms with E-state index >= 15 is 0 Å². The van der Waals surface area contributed by atoms with E-state index in [0.29, 0.717) is 18.6 Å². The smallest absolute Gasteiger partial charge is 0.315 e. The van der Waals surface area contributed by atoms with Gasteiger partial charge in [0.25, 0.3) is 5.91 Å². The normalized spacial score (nSPS) is 15.3. The third-order valence-corrected chi connectivity index (χ3v) is 3.16. The molecule has 0 aromatic heterocycles. The van der Waals surface area contributed by atoms with E-state index in [2.05, 4.69) is 10.6 Å². The van der Waals surface area contributed by atoms with Gasteiger partial charge in [0.2, 0.25) is 5.75 Å². The molecule has 1 amide bonds. The lowest BCUT2D eigenvalue weighted by Crippen LogP contribution is -2.21. The van der Waals surface area contributed by atoms with Crippen molar-refractivity contribution in [3.63, 3.8) is 0 Å². The summed E-state index contributed by atoms with van der Waals surface area (Å²) in [6, 6.07) is 2.87. The first kappa shape index (κ1) is 16.7. The largest absolute Gasteiger partial charge is 0.493 e. The van der Waals surface area contributed by atoms with Crippen LogP contribution in [0, 0.1) is 10.1 Å². The Morgan fingerprint density at radius 1 is 1.39 bits per heavy atom. The molecule has 1 saturated heterocycles. The average Bonchev–Trinajstić information content (AvgIpc) is 2.82. The van der Waals surface area contributed by atoms with Crippen LogP contribution in [0.2, 0.25) is 0 Å². The number of benzene rings is 1. The zero-order valence-corrected chi connectivity index (χ0v) is 13.4. The molecule has 122 valence electrons. The van der Waals surface area contributed by atoms with Gasteiger partial charge in [0.15, 0.2) is 10.9 Å². The van der Waals surface area contributed by atoms with Gasteiger partial charge in [-0.05, 0) is 36.3 Å². The Morgan fingerprint density at radius 2 is 2.13 bits per heavy atom. The van der Waals surface area contributed by atoms with Gasteiger partial charge in [-0.15, -0.1) is 0 Å². The van der Waals surface area contributed by atoms with E-state index in [1.54, 1.807) is 6.07 Å². The zero-order valence-electron chi connectivity index (χ0n) is 12.5. The molecule has 0 saturated carbocycles. The summed E-state index contributed by atoms with van der Waals surface area (Å²) < 4.78 is 10.6. The highest BCUT2D eigenvalue weighted by atomic mass is 32.1. The van der Waals surface area contributed by atoms with Crippen molar-refractivity contribution in [2.45, 2.75) is 13.3 Å². The molecule has 1 fully saturated rings. The number of hydrogen-bond donors (Lipinski definition) is 2. The third kappa shape index (κ3) is 3.75. The number of nitro groups is 1. The van der Waals surface area contributed by atoms with E-state index in [0.717, 1.165) is 0 Å². The first-order chi connectivity index (χ1) is 11.0. The molecule has 0 bridgehead atoms. The van der Waals surface area contributed by atoms with E-state index in [1.165, 1.54) is 19.3 Å². The predicted molar refractivity (Wildman–Crippen MR) is 87.3 cm³/mol. The Hall–Kier alpha value is -2.68. The number of thiocarbonyl (C=S) groups is 1. The van der Waals surface area contributed by atoms with Gasteiger partial charge in [0, 0.05) is 6.07 Å². The van der Waals surface area contributed by atoms with E-state index in [4.69, 9.17) is 21.7 Å². The maximum absolute atomic E-state index is 11.7. The van der Waals surface area contributed by atoms with E-state index in [9.17, 15) is 14.9 Å². The second-order valence-electron chi connectivity index (χ2n) is 4.64. The number of nitro benzene ring substituents is 1. The van der Waals surface area contributed by atoms with Gasteiger partial charge in [0.05, 0.1) is 18.6 Å². The summed E-state index contributed by atoms with van der Waals surface area (Å²) in [5, 5.41) is 16.6. The molecule has 0 aliphatic carbocycles. The van der Waals surface area contributed by atoms with Crippen LogP contribution < -0.4 is 20.1 Å². The summed E-state index contributed by atoms with van der Waals surface area (Å²) in [7, 11) is 1.39. The summed E-state index contributed by atoms with van der Waals surface area (Å²) in [5.41, 5.74) is 0.388. The van der Waals surface area contributed by atoms with Crippen molar-refractivity contribution in [1.29, 1.82) is 0 Å². The molecule has 0 radical (unpaired) electrons. The van der Waals surface area contributed by atoms with Crippen molar-refractivity contribution < 1.29 is 19.2 Å². The van der Waals surface area contributed by atoms with Gasteiger partial charge in [-0.3, -0.25) is 20.2 Å². The topological polar surface area (TPSA) is 103 Å². The lowest BCUT2D eigenvalue weighted by atomic mass is 10.1. The Labute approximate surface area is 137 Å². The minimum atomic E-state index is -0.553. The van der Waals surface area contributed by atoms with Crippen LogP contribution in [0.5, 0.6) is 11.5 Å². The number of carbonyl (C=O) groups is 1. The van der Waals surface area contributed by atoms with Crippen LogP contribution >= 0.6 is 12.2 Å². The fourth-order valence-electron chi connectivity index (χ4n) is 1.98. The molecule has 2 rings (SSSR count). The molecule has 1 aliphatic rings. The van der Waals surface area contributed by atoms with Crippen LogP contribution in [0.3, 0.4) is 0 Å². The van der Waals surface area contributed by atoms with E-state index in [-0.39, 0.29) is 28.0 Å². The highest BCUT2D eigenvalue weighted by molar-refractivity contribution is 7.80. The SMILES string of the molecule is CCCOc1c(OC)cc(/C=C2/NC(=S)NC2=O)cc1[N+](=O)[O-]. The average molecular weight is 337 g/mol. The van der Waals surface area contributed by atoms with Gasteiger partial charge in [-0.2, -0.15) is 0 Å². The minimum Gasteiger partial charge on any atom is -0.493 e.